The van der Waals surface area contributed by atoms with Crippen molar-refractivity contribution in [3.8, 4) is 0 Å². The highest BCUT2D eigenvalue weighted by atomic mass is 19.1. The van der Waals surface area contributed by atoms with Crippen molar-refractivity contribution in [1.29, 1.82) is 0 Å². The van der Waals surface area contributed by atoms with Crippen molar-refractivity contribution in [2.24, 2.45) is 0 Å². The zero-order chi connectivity index (χ0) is 13.8. The van der Waals surface area contributed by atoms with Crippen LogP contribution in [0.5, 0.6) is 0 Å². The second kappa shape index (κ2) is 5.79. The molecule has 0 bridgehead atoms. The van der Waals surface area contributed by atoms with Gasteiger partial charge in [-0.15, -0.1) is 0 Å². The summed E-state index contributed by atoms with van der Waals surface area (Å²) in [6, 6.07) is 12.3. The fraction of sp³-hybridized carbons (Fsp3) is 0.235. The summed E-state index contributed by atoms with van der Waals surface area (Å²) < 4.78 is 13.9. The number of rotatable bonds is 4. The van der Waals surface area contributed by atoms with E-state index in [0.29, 0.717) is 11.1 Å². The summed E-state index contributed by atoms with van der Waals surface area (Å²) in [4.78, 5) is 12.2. The van der Waals surface area contributed by atoms with Crippen LogP contribution in [0.3, 0.4) is 0 Å². The number of aryl methyl sites for hydroxylation is 2. The van der Waals surface area contributed by atoms with Gasteiger partial charge >= 0.3 is 0 Å². The van der Waals surface area contributed by atoms with Crippen molar-refractivity contribution in [1.82, 2.24) is 0 Å². The molecule has 0 amide bonds. The number of carbonyl (C=O) groups is 1. The van der Waals surface area contributed by atoms with Gasteiger partial charge in [-0.25, -0.2) is 4.39 Å². The monoisotopic (exact) mass is 256 g/mol. The highest BCUT2D eigenvalue weighted by molar-refractivity contribution is 6.09. The fourth-order valence-corrected chi connectivity index (χ4v) is 2.09. The van der Waals surface area contributed by atoms with Crippen LogP contribution in [-0.4, -0.2) is 5.78 Å². The highest BCUT2D eigenvalue weighted by Crippen LogP contribution is 2.17. The molecular formula is C17H17FO. The van der Waals surface area contributed by atoms with Crippen LogP contribution < -0.4 is 0 Å². The topological polar surface area (TPSA) is 17.1 Å². The van der Waals surface area contributed by atoms with Crippen molar-refractivity contribution in [2.45, 2.75) is 26.7 Å². The zero-order valence-electron chi connectivity index (χ0n) is 11.2. The van der Waals surface area contributed by atoms with Gasteiger partial charge < -0.3 is 0 Å². The Morgan fingerprint density at radius 3 is 2.42 bits per heavy atom. The summed E-state index contributed by atoms with van der Waals surface area (Å²) >= 11 is 0. The number of halogens is 1. The van der Waals surface area contributed by atoms with E-state index in [4.69, 9.17) is 0 Å². The Bertz CT molecular complexity index is 585. The van der Waals surface area contributed by atoms with E-state index in [9.17, 15) is 9.18 Å². The molecule has 0 heterocycles. The number of hydrogen-bond donors (Lipinski definition) is 0. The standard InChI is InChI=1S/C17H17FO/c1-3-5-13-8-10-14(11-9-13)17(19)15-7-4-6-12(2)16(15)18/h4,6-11H,3,5H2,1-2H3. The minimum atomic E-state index is -0.426. The summed E-state index contributed by atoms with van der Waals surface area (Å²) in [7, 11) is 0. The van der Waals surface area contributed by atoms with Gasteiger partial charge in [-0.1, -0.05) is 49.7 Å². The van der Waals surface area contributed by atoms with Gasteiger partial charge in [0, 0.05) is 5.56 Å². The molecule has 1 nitrogen and oxygen atoms in total. The van der Waals surface area contributed by atoms with Crippen LogP contribution in [0.4, 0.5) is 4.39 Å². The lowest BCUT2D eigenvalue weighted by atomic mass is 9.99. The highest BCUT2D eigenvalue weighted by Gasteiger charge is 2.14. The van der Waals surface area contributed by atoms with E-state index in [1.807, 2.05) is 12.1 Å². The largest absolute Gasteiger partial charge is 0.288 e. The molecule has 2 aromatic carbocycles. The molecule has 0 aromatic heterocycles. The van der Waals surface area contributed by atoms with Gasteiger partial charge in [-0.3, -0.25) is 4.79 Å². The maximum atomic E-state index is 13.9. The van der Waals surface area contributed by atoms with Gasteiger partial charge in [-0.2, -0.15) is 0 Å². The molecule has 0 aliphatic carbocycles. The third-order valence-corrected chi connectivity index (χ3v) is 3.19. The van der Waals surface area contributed by atoms with Crippen molar-refractivity contribution in [3.63, 3.8) is 0 Å². The van der Waals surface area contributed by atoms with E-state index in [1.165, 1.54) is 11.6 Å². The molecule has 0 fully saturated rings. The lowest BCUT2D eigenvalue weighted by Gasteiger charge is -2.06. The third kappa shape index (κ3) is 2.90. The quantitative estimate of drug-likeness (QED) is 0.745. The predicted octanol–water partition coefficient (Wildman–Crippen LogP) is 4.32. The molecule has 2 heteroatoms. The smallest absolute Gasteiger partial charge is 0.195 e. The minimum absolute atomic E-state index is 0.142. The SMILES string of the molecule is CCCc1ccc(C(=O)c2cccc(C)c2F)cc1. The van der Waals surface area contributed by atoms with Crippen LogP contribution in [0.25, 0.3) is 0 Å². The van der Waals surface area contributed by atoms with Crippen LogP contribution in [0.2, 0.25) is 0 Å². The second-order valence-corrected chi connectivity index (χ2v) is 4.71. The van der Waals surface area contributed by atoms with Gasteiger partial charge in [0.1, 0.15) is 5.82 Å². The Balaban J connectivity index is 2.31. The van der Waals surface area contributed by atoms with E-state index in [1.54, 1.807) is 31.2 Å². The third-order valence-electron chi connectivity index (χ3n) is 3.19. The summed E-state index contributed by atoms with van der Waals surface area (Å²) in [5, 5.41) is 0. The van der Waals surface area contributed by atoms with Crippen LogP contribution in [0.1, 0.15) is 40.4 Å². The van der Waals surface area contributed by atoms with Gasteiger partial charge in [-0.05, 0) is 30.5 Å². The first-order valence-electron chi connectivity index (χ1n) is 6.52. The first kappa shape index (κ1) is 13.5. The van der Waals surface area contributed by atoms with Crippen molar-refractivity contribution >= 4 is 5.78 Å². The number of hydrogen-bond acceptors (Lipinski definition) is 1. The maximum absolute atomic E-state index is 13.9. The lowest BCUT2D eigenvalue weighted by Crippen LogP contribution is -2.05. The van der Waals surface area contributed by atoms with E-state index in [0.717, 1.165) is 12.8 Å². The van der Waals surface area contributed by atoms with Crippen LogP contribution in [-0.2, 0) is 6.42 Å². The Morgan fingerprint density at radius 2 is 1.79 bits per heavy atom. The molecule has 2 aromatic rings. The number of ketones is 1. The molecule has 0 unspecified atom stereocenters. The second-order valence-electron chi connectivity index (χ2n) is 4.71. The Kier molecular flexibility index (Phi) is 4.10. The van der Waals surface area contributed by atoms with Crippen molar-refractivity contribution < 1.29 is 9.18 Å². The van der Waals surface area contributed by atoms with E-state index in [-0.39, 0.29) is 11.3 Å². The Labute approximate surface area is 113 Å². The van der Waals surface area contributed by atoms with E-state index in [2.05, 4.69) is 6.92 Å². The van der Waals surface area contributed by atoms with Gasteiger partial charge in [0.25, 0.3) is 0 Å². The lowest BCUT2D eigenvalue weighted by molar-refractivity contribution is 0.103. The van der Waals surface area contributed by atoms with Crippen LogP contribution in [0, 0.1) is 12.7 Å². The molecule has 0 spiro atoms. The molecule has 0 atom stereocenters. The van der Waals surface area contributed by atoms with E-state index < -0.39 is 5.82 Å². The maximum Gasteiger partial charge on any atom is 0.195 e. The molecule has 0 saturated heterocycles. The molecule has 0 aliphatic rings. The van der Waals surface area contributed by atoms with Crippen molar-refractivity contribution in [3.05, 3.63) is 70.5 Å². The predicted molar refractivity (Wildman–Crippen MR) is 75.0 cm³/mol. The Hall–Kier alpha value is -1.96. The first-order chi connectivity index (χ1) is 9.13. The fourth-order valence-electron chi connectivity index (χ4n) is 2.09. The molecule has 0 saturated carbocycles. The number of carbonyl (C=O) groups excluding carboxylic acids is 1. The van der Waals surface area contributed by atoms with E-state index >= 15 is 0 Å². The summed E-state index contributed by atoms with van der Waals surface area (Å²) in [5.41, 5.74) is 2.37. The molecule has 2 rings (SSSR count). The first-order valence-corrected chi connectivity index (χ1v) is 6.52. The van der Waals surface area contributed by atoms with Gasteiger partial charge in [0.2, 0.25) is 0 Å². The average Bonchev–Trinajstić information content (AvgIpc) is 2.42. The van der Waals surface area contributed by atoms with Crippen LogP contribution >= 0.6 is 0 Å². The molecule has 19 heavy (non-hydrogen) atoms. The molecule has 0 radical (unpaired) electrons. The summed E-state index contributed by atoms with van der Waals surface area (Å²) in [6.07, 6.45) is 2.06. The Morgan fingerprint density at radius 1 is 1.11 bits per heavy atom. The number of benzene rings is 2. The van der Waals surface area contributed by atoms with Crippen LogP contribution in [0.15, 0.2) is 42.5 Å². The molecule has 98 valence electrons. The summed E-state index contributed by atoms with van der Waals surface area (Å²) in [5.74, 6) is -0.686. The van der Waals surface area contributed by atoms with Crippen molar-refractivity contribution in [2.75, 3.05) is 0 Å². The zero-order valence-corrected chi connectivity index (χ0v) is 11.2. The average molecular weight is 256 g/mol. The normalized spacial score (nSPS) is 10.5. The summed E-state index contributed by atoms with van der Waals surface area (Å²) in [6.45, 7) is 3.78. The van der Waals surface area contributed by atoms with Gasteiger partial charge in [0.15, 0.2) is 5.78 Å². The molecular weight excluding hydrogens is 239 g/mol. The van der Waals surface area contributed by atoms with Gasteiger partial charge in [0.05, 0.1) is 5.56 Å². The molecule has 0 aliphatic heterocycles. The minimum Gasteiger partial charge on any atom is -0.288 e. The molecule has 0 N–H and O–H groups in total.